The maximum Gasteiger partial charge on any atom is 0.416 e. The Balaban J connectivity index is 1.64. The molecule has 0 fully saturated rings. The standard InChI is InChI=1S/C27H21BrF3NO6S/c1-36-24-12-7-18(14-25(24)38-39(34,35)23-6-2-4-20(15-23)27(29,30)31)16-32(17-22-5-3-13-37-22)26(33)19-8-10-21(28)11-9-19/h2-15H,16-17H2,1H3. The molecule has 3 aromatic carbocycles. The Hall–Kier alpha value is -3.77. The molecule has 0 aliphatic heterocycles. The number of carbonyl (C=O) groups is 1. The van der Waals surface area contributed by atoms with E-state index in [1.165, 1.54) is 30.4 Å². The summed E-state index contributed by atoms with van der Waals surface area (Å²) in [6, 6.07) is 17.8. The van der Waals surface area contributed by atoms with Gasteiger partial charge in [-0.05, 0) is 72.3 Å². The molecule has 0 spiro atoms. The van der Waals surface area contributed by atoms with Crippen molar-refractivity contribution in [2.45, 2.75) is 24.2 Å². The first-order valence-electron chi connectivity index (χ1n) is 11.3. The van der Waals surface area contributed by atoms with Crippen molar-refractivity contribution in [2.24, 2.45) is 0 Å². The van der Waals surface area contributed by atoms with E-state index in [1.54, 1.807) is 42.5 Å². The van der Waals surface area contributed by atoms with Crippen molar-refractivity contribution in [1.82, 2.24) is 4.90 Å². The maximum absolute atomic E-state index is 13.3. The molecule has 0 saturated heterocycles. The molecule has 0 atom stereocenters. The summed E-state index contributed by atoms with van der Waals surface area (Å²) in [5, 5.41) is 0. The van der Waals surface area contributed by atoms with Gasteiger partial charge in [-0.1, -0.05) is 28.1 Å². The van der Waals surface area contributed by atoms with Crippen molar-refractivity contribution < 1.29 is 39.7 Å². The van der Waals surface area contributed by atoms with Crippen LogP contribution in [0.15, 0.2) is 98.9 Å². The highest BCUT2D eigenvalue weighted by Crippen LogP contribution is 2.34. The number of carbonyl (C=O) groups excluding carboxylic acids is 1. The van der Waals surface area contributed by atoms with E-state index in [2.05, 4.69) is 15.9 Å². The van der Waals surface area contributed by atoms with E-state index in [0.717, 1.165) is 22.7 Å². The fourth-order valence-corrected chi connectivity index (χ4v) is 4.91. The van der Waals surface area contributed by atoms with E-state index in [-0.39, 0.29) is 30.5 Å². The lowest BCUT2D eigenvalue weighted by Gasteiger charge is -2.23. The summed E-state index contributed by atoms with van der Waals surface area (Å²) in [5.74, 6) is -0.00100. The highest BCUT2D eigenvalue weighted by molar-refractivity contribution is 9.10. The fraction of sp³-hybridized carbons (Fsp3) is 0.148. The van der Waals surface area contributed by atoms with E-state index >= 15 is 0 Å². The van der Waals surface area contributed by atoms with Gasteiger partial charge < -0.3 is 18.2 Å². The summed E-state index contributed by atoms with van der Waals surface area (Å²) in [6.07, 6.45) is -3.25. The highest BCUT2D eigenvalue weighted by Gasteiger charge is 2.32. The first kappa shape index (κ1) is 28.2. The van der Waals surface area contributed by atoms with Gasteiger partial charge in [0.2, 0.25) is 0 Å². The average Bonchev–Trinajstić information content (AvgIpc) is 3.41. The van der Waals surface area contributed by atoms with Crippen LogP contribution >= 0.6 is 15.9 Å². The van der Waals surface area contributed by atoms with Crippen molar-refractivity contribution in [3.63, 3.8) is 0 Å². The fourth-order valence-electron chi connectivity index (χ4n) is 3.66. The molecule has 0 radical (unpaired) electrons. The van der Waals surface area contributed by atoms with Gasteiger partial charge in [-0.2, -0.15) is 21.6 Å². The second-order valence-corrected chi connectivity index (χ2v) is 10.8. The molecule has 0 bridgehead atoms. The van der Waals surface area contributed by atoms with Gasteiger partial charge >= 0.3 is 16.3 Å². The van der Waals surface area contributed by atoms with Crippen molar-refractivity contribution >= 4 is 32.0 Å². The van der Waals surface area contributed by atoms with Gasteiger partial charge in [-0.15, -0.1) is 0 Å². The number of furan rings is 1. The summed E-state index contributed by atoms with van der Waals surface area (Å²) < 4.78 is 81.8. The molecule has 1 aromatic heterocycles. The Bertz CT molecular complexity index is 1560. The number of methoxy groups -OCH3 is 1. The molecule has 39 heavy (non-hydrogen) atoms. The minimum absolute atomic E-state index is 0.0273. The second-order valence-electron chi connectivity index (χ2n) is 8.30. The number of alkyl halides is 3. The summed E-state index contributed by atoms with van der Waals surface area (Å²) in [6.45, 7) is 0.145. The van der Waals surface area contributed by atoms with Crippen LogP contribution in [0.1, 0.15) is 27.2 Å². The molecule has 4 rings (SSSR count). The molecule has 1 heterocycles. The van der Waals surface area contributed by atoms with Crippen LogP contribution in [0.25, 0.3) is 0 Å². The molecule has 0 unspecified atom stereocenters. The smallest absolute Gasteiger partial charge is 0.416 e. The van der Waals surface area contributed by atoms with E-state index in [0.29, 0.717) is 23.0 Å². The van der Waals surface area contributed by atoms with Gasteiger partial charge in [0.05, 0.1) is 25.5 Å². The van der Waals surface area contributed by atoms with E-state index in [4.69, 9.17) is 13.3 Å². The van der Waals surface area contributed by atoms with Crippen LogP contribution in [0.4, 0.5) is 13.2 Å². The molecule has 0 aliphatic rings. The molecule has 0 aliphatic carbocycles. The van der Waals surface area contributed by atoms with Crippen molar-refractivity contribution in [3.05, 3.63) is 112 Å². The molecular weight excluding hydrogens is 603 g/mol. The number of hydrogen-bond acceptors (Lipinski definition) is 6. The second kappa shape index (κ2) is 11.5. The zero-order chi connectivity index (χ0) is 28.2. The van der Waals surface area contributed by atoms with Gasteiger partial charge in [0.25, 0.3) is 5.91 Å². The number of nitrogens with zero attached hydrogens (tertiary/aromatic N) is 1. The third-order valence-electron chi connectivity index (χ3n) is 5.56. The molecule has 0 N–H and O–H groups in total. The molecular formula is C27H21BrF3NO6S. The van der Waals surface area contributed by atoms with Gasteiger partial charge in [0.15, 0.2) is 11.5 Å². The third kappa shape index (κ3) is 7.01. The predicted octanol–water partition coefficient (Wildman–Crippen LogP) is 6.68. The van der Waals surface area contributed by atoms with Gasteiger partial charge in [0, 0.05) is 16.6 Å². The predicted molar refractivity (Wildman–Crippen MR) is 139 cm³/mol. The van der Waals surface area contributed by atoms with Crippen molar-refractivity contribution in [3.8, 4) is 11.5 Å². The lowest BCUT2D eigenvalue weighted by molar-refractivity contribution is -0.137. The molecule has 4 aromatic rings. The largest absolute Gasteiger partial charge is 0.493 e. The number of ether oxygens (including phenoxy) is 1. The Morgan fingerprint density at radius 2 is 1.69 bits per heavy atom. The first-order valence-corrected chi connectivity index (χ1v) is 13.5. The van der Waals surface area contributed by atoms with Crippen molar-refractivity contribution in [1.29, 1.82) is 0 Å². The molecule has 0 saturated carbocycles. The summed E-state index contributed by atoms with van der Waals surface area (Å²) in [4.78, 5) is 14.2. The zero-order valence-corrected chi connectivity index (χ0v) is 22.7. The van der Waals surface area contributed by atoms with Gasteiger partial charge in [0.1, 0.15) is 10.7 Å². The normalized spacial score (nSPS) is 11.7. The number of rotatable bonds is 9. The van der Waals surface area contributed by atoms with Crippen LogP contribution < -0.4 is 8.92 Å². The Labute approximate surface area is 231 Å². The minimum Gasteiger partial charge on any atom is -0.493 e. The van der Waals surface area contributed by atoms with Crippen LogP contribution in [0.5, 0.6) is 11.5 Å². The Morgan fingerprint density at radius 1 is 0.949 bits per heavy atom. The molecule has 204 valence electrons. The summed E-state index contributed by atoms with van der Waals surface area (Å²) in [5.41, 5.74) is -0.239. The van der Waals surface area contributed by atoms with Crippen LogP contribution in [0.2, 0.25) is 0 Å². The maximum atomic E-state index is 13.3. The first-order chi connectivity index (χ1) is 18.5. The van der Waals surface area contributed by atoms with Crippen LogP contribution in [0, 0.1) is 0 Å². The minimum atomic E-state index is -4.73. The highest BCUT2D eigenvalue weighted by atomic mass is 79.9. The lowest BCUT2D eigenvalue weighted by Crippen LogP contribution is -2.30. The summed E-state index contributed by atoms with van der Waals surface area (Å²) >= 11 is 3.34. The third-order valence-corrected chi connectivity index (χ3v) is 7.32. The number of hydrogen-bond donors (Lipinski definition) is 0. The zero-order valence-electron chi connectivity index (χ0n) is 20.3. The SMILES string of the molecule is COc1ccc(CN(Cc2ccco2)C(=O)c2ccc(Br)cc2)cc1OS(=O)(=O)c1cccc(C(F)(F)F)c1. The van der Waals surface area contributed by atoms with Gasteiger partial charge in [-0.3, -0.25) is 4.79 Å². The van der Waals surface area contributed by atoms with Crippen LogP contribution in [0.3, 0.4) is 0 Å². The Morgan fingerprint density at radius 3 is 2.33 bits per heavy atom. The monoisotopic (exact) mass is 623 g/mol. The quantitative estimate of drug-likeness (QED) is 0.193. The Kier molecular flexibility index (Phi) is 8.36. The van der Waals surface area contributed by atoms with Crippen LogP contribution in [-0.4, -0.2) is 26.3 Å². The molecule has 1 amide bonds. The summed E-state index contributed by atoms with van der Waals surface area (Å²) in [7, 11) is -3.37. The van der Waals surface area contributed by atoms with Crippen molar-refractivity contribution in [2.75, 3.05) is 7.11 Å². The number of benzene rings is 3. The van der Waals surface area contributed by atoms with Crippen LogP contribution in [-0.2, 0) is 29.4 Å². The average molecular weight is 624 g/mol. The van der Waals surface area contributed by atoms with E-state index < -0.39 is 26.8 Å². The molecule has 12 heteroatoms. The van der Waals surface area contributed by atoms with E-state index in [1.807, 2.05) is 0 Å². The lowest BCUT2D eigenvalue weighted by atomic mass is 10.1. The topological polar surface area (TPSA) is 86.0 Å². The van der Waals surface area contributed by atoms with Gasteiger partial charge in [-0.25, -0.2) is 0 Å². The van der Waals surface area contributed by atoms with E-state index in [9.17, 15) is 26.4 Å². The number of amides is 1. The number of halogens is 4. The molecule has 7 nitrogen and oxygen atoms in total.